The molecule has 0 radical (unpaired) electrons. The molecule has 4 nitrogen and oxygen atoms in total. The fourth-order valence-corrected chi connectivity index (χ4v) is 2.77. The van der Waals surface area contributed by atoms with Crippen LogP contribution < -0.4 is 5.73 Å². The quantitative estimate of drug-likeness (QED) is 0.902. The van der Waals surface area contributed by atoms with Gasteiger partial charge in [0.25, 0.3) is 5.91 Å². The number of nitrogens with zero attached hydrogens (tertiary/aromatic N) is 1. The van der Waals surface area contributed by atoms with E-state index in [1.165, 1.54) is 0 Å². The first-order valence-electron chi connectivity index (χ1n) is 6.77. The predicted molar refractivity (Wildman–Crippen MR) is 74.2 cm³/mol. The van der Waals surface area contributed by atoms with Gasteiger partial charge in [0.1, 0.15) is 0 Å². The molecule has 2 amide bonds. The molecular formula is C15H20N2O2. The van der Waals surface area contributed by atoms with Crippen molar-refractivity contribution in [3.63, 3.8) is 0 Å². The molecule has 0 spiro atoms. The van der Waals surface area contributed by atoms with Crippen LogP contribution in [-0.4, -0.2) is 29.8 Å². The predicted octanol–water partition coefficient (Wildman–Crippen LogP) is 1.89. The van der Waals surface area contributed by atoms with Gasteiger partial charge in [-0.3, -0.25) is 9.59 Å². The lowest BCUT2D eigenvalue weighted by Gasteiger charge is -2.19. The fourth-order valence-electron chi connectivity index (χ4n) is 2.77. The summed E-state index contributed by atoms with van der Waals surface area (Å²) in [4.78, 5) is 25.7. The fraction of sp³-hybridized carbons (Fsp3) is 0.467. The highest BCUT2D eigenvalue weighted by atomic mass is 16.2. The molecule has 0 aromatic heterocycles. The molecule has 1 fully saturated rings. The van der Waals surface area contributed by atoms with Gasteiger partial charge in [0.15, 0.2) is 0 Å². The van der Waals surface area contributed by atoms with E-state index in [1.807, 2.05) is 18.7 Å². The summed E-state index contributed by atoms with van der Waals surface area (Å²) in [6.45, 7) is 5.53. The van der Waals surface area contributed by atoms with Crippen molar-refractivity contribution in [3.05, 3.63) is 34.4 Å². The van der Waals surface area contributed by atoms with Crippen LogP contribution in [0.3, 0.4) is 0 Å². The van der Waals surface area contributed by atoms with Crippen LogP contribution in [-0.2, 0) is 6.42 Å². The van der Waals surface area contributed by atoms with Gasteiger partial charge in [-0.05, 0) is 49.4 Å². The van der Waals surface area contributed by atoms with Crippen molar-refractivity contribution in [2.24, 2.45) is 5.73 Å². The number of likely N-dealkylation sites (tertiary alicyclic amines) is 1. The van der Waals surface area contributed by atoms with E-state index in [2.05, 4.69) is 0 Å². The van der Waals surface area contributed by atoms with Crippen molar-refractivity contribution >= 4 is 11.8 Å². The van der Waals surface area contributed by atoms with E-state index >= 15 is 0 Å². The Kier molecular flexibility index (Phi) is 3.88. The van der Waals surface area contributed by atoms with Gasteiger partial charge in [-0.25, -0.2) is 0 Å². The minimum absolute atomic E-state index is 0.0701. The maximum absolute atomic E-state index is 12.4. The summed E-state index contributed by atoms with van der Waals surface area (Å²) in [5, 5.41) is 0. The molecule has 0 bridgehead atoms. The second kappa shape index (κ2) is 5.43. The maximum atomic E-state index is 12.4. The van der Waals surface area contributed by atoms with E-state index in [9.17, 15) is 9.59 Å². The van der Waals surface area contributed by atoms with E-state index in [0.717, 1.165) is 37.1 Å². The largest absolute Gasteiger partial charge is 0.366 e. The van der Waals surface area contributed by atoms with Gasteiger partial charge in [0.2, 0.25) is 5.91 Å². The highest BCUT2D eigenvalue weighted by Crippen LogP contribution is 2.22. The average molecular weight is 260 g/mol. The third-order valence-corrected chi connectivity index (χ3v) is 3.84. The number of hydrogen-bond acceptors (Lipinski definition) is 2. The second-order valence-corrected chi connectivity index (χ2v) is 4.98. The SMILES string of the molecule is CCc1c(C(N)=O)ccc(C(=O)N2CCCC2)c1C. The molecule has 0 atom stereocenters. The lowest BCUT2D eigenvalue weighted by Crippen LogP contribution is -2.29. The molecule has 1 aliphatic rings. The molecule has 1 saturated heterocycles. The Morgan fingerprint density at radius 1 is 1.21 bits per heavy atom. The molecule has 102 valence electrons. The van der Waals surface area contributed by atoms with E-state index < -0.39 is 5.91 Å². The zero-order valence-corrected chi connectivity index (χ0v) is 11.5. The Balaban J connectivity index is 2.42. The van der Waals surface area contributed by atoms with Crippen LogP contribution in [0.1, 0.15) is 51.6 Å². The Morgan fingerprint density at radius 2 is 1.79 bits per heavy atom. The Labute approximate surface area is 113 Å². The standard InChI is InChI=1S/C15H20N2O2/c1-3-11-10(2)12(6-7-13(11)14(16)18)15(19)17-8-4-5-9-17/h6-7H,3-5,8-9H2,1-2H3,(H2,16,18). The van der Waals surface area contributed by atoms with Crippen LogP contribution in [0.25, 0.3) is 0 Å². The first-order chi connectivity index (χ1) is 9.06. The zero-order valence-electron chi connectivity index (χ0n) is 11.5. The number of carbonyl (C=O) groups excluding carboxylic acids is 2. The number of benzene rings is 1. The van der Waals surface area contributed by atoms with Gasteiger partial charge in [0.05, 0.1) is 0 Å². The van der Waals surface area contributed by atoms with Gasteiger partial charge in [-0.2, -0.15) is 0 Å². The number of carbonyl (C=O) groups is 2. The Bertz CT molecular complexity index is 517. The summed E-state index contributed by atoms with van der Waals surface area (Å²) >= 11 is 0. The van der Waals surface area contributed by atoms with Gasteiger partial charge in [-0.1, -0.05) is 6.92 Å². The minimum Gasteiger partial charge on any atom is -0.366 e. The molecule has 0 aliphatic carbocycles. The number of rotatable bonds is 3. The highest BCUT2D eigenvalue weighted by Gasteiger charge is 2.23. The normalized spacial score (nSPS) is 14.7. The van der Waals surface area contributed by atoms with Crippen LogP contribution in [0.2, 0.25) is 0 Å². The average Bonchev–Trinajstić information content (AvgIpc) is 2.91. The summed E-state index contributed by atoms with van der Waals surface area (Å²) < 4.78 is 0. The molecule has 1 heterocycles. The molecule has 2 N–H and O–H groups in total. The Hall–Kier alpha value is -1.84. The van der Waals surface area contributed by atoms with Crippen molar-refractivity contribution in [2.75, 3.05) is 13.1 Å². The van der Waals surface area contributed by atoms with Gasteiger partial charge in [-0.15, -0.1) is 0 Å². The second-order valence-electron chi connectivity index (χ2n) is 4.98. The van der Waals surface area contributed by atoms with Crippen LogP contribution in [0.5, 0.6) is 0 Å². The molecule has 4 heteroatoms. The zero-order chi connectivity index (χ0) is 14.0. The van der Waals surface area contributed by atoms with Gasteiger partial charge >= 0.3 is 0 Å². The van der Waals surface area contributed by atoms with Crippen molar-refractivity contribution in [3.8, 4) is 0 Å². The van der Waals surface area contributed by atoms with Crippen molar-refractivity contribution in [1.29, 1.82) is 0 Å². The molecule has 2 rings (SSSR count). The highest BCUT2D eigenvalue weighted by molar-refractivity contribution is 6.00. The minimum atomic E-state index is -0.430. The first kappa shape index (κ1) is 13.6. The molecule has 1 aromatic carbocycles. The van der Waals surface area contributed by atoms with Crippen molar-refractivity contribution < 1.29 is 9.59 Å². The number of hydrogen-bond donors (Lipinski definition) is 1. The lowest BCUT2D eigenvalue weighted by molar-refractivity contribution is 0.0791. The van der Waals surface area contributed by atoms with Crippen LogP contribution in [0.4, 0.5) is 0 Å². The molecule has 1 aromatic rings. The molecule has 1 aliphatic heterocycles. The Morgan fingerprint density at radius 3 is 2.32 bits per heavy atom. The first-order valence-corrected chi connectivity index (χ1v) is 6.77. The van der Waals surface area contributed by atoms with E-state index in [1.54, 1.807) is 12.1 Å². The van der Waals surface area contributed by atoms with E-state index in [4.69, 9.17) is 5.73 Å². The summed E-state index contributed by atoms with van der Waals surface area (Å²) in [5.74, 6) is -0.360. The number of amides is 2. The van der Waals surface area contributed by atoms with Crippen LogP contribution in [0, 0.1) is 6.92 Å². The van der Waals surface area contributed by atoms with Crippen LogP contribution >= 0.6 is 0 Å². The molecular weight excluding hydrogens is 240 g/mol. The van der Waals surface area contributed by atoms with Crippen molar-refractivity contribution in [1.82, 2.24) is 4.90 Å². The molecule has 0 saturated carbocycles. The summed E-state index contributed by atoms with van der Waals surface area (Å²) in [6.07, 6.45) is 2.85. The van der Waals surface area contributed by atoms with Gasteiger partial charge in [0, 0.05) is 24.2 Å². The summed E-state index contributed by atoms with van der Waals surface area (Å²) in [5.41, 5.74) is 8.37. The maximum Gasteiger partial charge on any atom is 0.254 e. The summed E-state index contributed by atoms with van der Waals surface area (Å²) in [7, 11) is 0. The topological polar surface area (TPSA) is 63.4 Å². The molecule has 0 unspecified atom stereocenters. The van der Waals surface area contributed by atoms with Gasteiger partial charge < -0.3 is 10.6 Å². The van der Waals surface area contributed by atoms with E-state index in [-0.39, 0.29) is 5.91 Å². The lowest BCUT2D eigenvalue weighted by atomic mass is 9.94. The van der Waals surface area contributed by atoms with Crippen LogP contribution in [0.15, 0.2) is 12.1 Å². The van der Waals surface area contributed by atoms with E-state index in [0.29, 0.717) is 17.5 Å². The van der Waals surface area contributed by atoms with Crippen molar-refractivity contribution in [2.45, 2.75) is 33.1 Å². The number of primary amides is 1. The number of nitrogens with two attached hydrogens (primary N) is 1. The smallest absolute Gasteiger partial charge is 0.254 e. The molecule has 19 heavy (non-hydrogen) atoms. The third-order valence-electron chi connectivity index (χ3n) is 3.84. The monoisotopic (exact) mass is 260 g/mol. The summed E-state index contributed by atoms with van der Waals surface area (Å²) in [6, 6.07) is 3.41. The third kappa shape index (κ3) is 2.48.